The number of nitrogens with zero attached hydrogens (tertiary/aromatic N) is 1. The van der Waals surface area contributed by atoms with Crippen molar-refractivity contribution in [2.24, 2.45) is 0 Å². The maximum atomic E-state index is 13.5. The van der Waals surface area contributed by atoms with Gasteiger partial charge in [0.15, 0.2) is 0 Å². The Morgan fingerprint density at radius 2 is 1.90 bits per heavy atom. The number of rotatable bonds is 3. The van der Waals surface area contributed by atoms with Gasteiger partial charge in [-0.2, -0.15) is 13.2 Å². The van der Waals surface area contributed by atoms with Crippen molar-refractivity contribution in [3.63, 3.8) is 0 Å². The number of hydrogen-bond donors (Lipinski definition) is 0. The average Bonchev–Trinajstić information content (AvgIpc) is 2.23. The van der Waals surface area contributed by atoms with E-state index in [0.29, 0.717) is 17.0 Å². The Balaban J connectivity index is 3.28. The molecule has 21 heavy (non-hydrogen) atoms. The van der Waals surface area contributed by atoms with Crippen LogP contribution in [0.5, 0.6) is 0 Å². The second kappa shape index (κ2) is 6.09. The van der Waals surface area contributed by atoms with Crippen LogP contribution in [-0.4, -0.2) is 39.0 Å². The van der Waals surface area contributed by atoms with E-state index in [1.54, 1.807) is 0 Å². The molecular weight excluding hydrogens is 406 g/mol. The van der Waals surface area contributed by atoms with E-state index in [1.165, 1.54) is 0 Å². The van der Waals surface area contributed by atoms with Crippen molar-refractivity contribution in [2.75, 3.05) is 13.6 Å². The van der Waals surface area contributed by atoms with Gasteiger partial charge in [0, 0.05) is 22.2 Å². The molecule has 1 amide bonds. The van der Waals surface area contributed by atoms with Gasteiger partial charge >= 0.3 is 6.18 Å². The summed E-state index contributed by atoms with van der Waals surface area (Å²) in [6.45, 7) is -1.54. The van der Waals surface area contributed by atoms with Gasteiger partial charge in [-0.05, 0) is 28.1 Å². The molecule has 0 bridgehead atoms. The minimum atomic E-state index is -4.63. The van der Waals surface area contributed by atoms with E-state index < -0.39 is 44.0 Å². The lowest BCUT2D eigenvalue weighted by Crippen LogP contribution is -2.36. The maximum Gasteiger partial charge on any atom is 0.406 e. The molecule has 0 saturated carbocycles. The Labute approximate surface area is 130 Å². The van der Waals surface area contributed by atoms with Crippen LogP contribution in [0.25, 0.3) is 0 Å². The molecule has 0 unspecified atom stereocenters. The smallest absolute Gasteiger partial charge is 0.333 e. The molecule has 0 aliphatic rings. The van der Waals surface area contributed by atoms with Crippen molar-refractivity contribution >= 4 is 41.6 Å². The summed E-state index contributed by atoms with van der Waals surface area (Å²) in [4.78, 5) is 11.2. The molecule has 0 heterocycles. The molecule has 1 aromatic carbocycles. The molecule has 1 aromatic rings. The third-order valence-corrected chi connectivity index (χ3v) is 4.27. The molecule has 0 atom stereocenters. The monoisotopic (exact) mass is 411 g/mol. The van der Waals surface area contributed by atoms with Crippen LogP contribution in [0.2, 0.25) is 0 Å². The maximum absolute atomic E-state index is 13.5. The van der Waals surface area contributed by atoms with E-state index in [9.17, 15) is 30.8 Å². The van der Waals surface area contributed by atoms with E-state index in [1.807, 2.05) is 0 Å². The lowest BCUT2D eigenvalue weighted by atomic mass is 10.2. The molecule has 0 saturated heterocycles. The van der Waals surface area contributed by atoms with Crippen molar-refractivity contribution in [2.45, 2.75) is 11.1 Å². The average molecular weight is 413 g/mol. The van der Waals surface area contributed by atoms with Gasteiger partial charge in [-0.3, -0.25) is 4.79 Å². The van der Waals surface area contributed by atoms with Gasteiger partial charge in [0.2, 0.25) is 0 Å². The summed E-state index contributed by atoms with van der Waals surface area (Å²) in [5.41, 5.74) is -0.456. The third kappa shape index (κ3) is 4.82. The predicted molar refractivity (Wildman–Crippen MR) is 70.2 cm³/mol. The normalized spacial score (nSPS) is 12.3. The fourth-order valence-electron chi connectivity index (χ4n) is 1.43. The van der Waals surface area contributed by atoms with Crippen LogP contribution >= 0.6 is 26.6 Å². The molecule has 0 aliphatic carbocycles. The van der Waals surface area contributed by atoms with Crippen LogP contribution in [-0.2, 0) is 9.05 Å². The summed E-state index contributed by atoms with van der Waals surface area (Å²) < 4.78 is 72.3. The van der Waals surface area contributed by atoms with Gasteiger partial charge < -0.3 is 4.90 Å². The van der Waals surface area contributed by atoms with E-state index in [2.05, 4.69) is 15.9 Å². The summed E-state index contributed by atoms with van der Waals surface area (Å²) in [6, 6.07) is 1.22. The van der Waals surface area contributed by atoms with E-state index in [0.717, 1.165) is 7.05 Å². The highest BCUT2D eigenvalue weighted by atomic mass is 79.9. The molecule has 11 heteroatoms. The Kier molecular flexibility index (Phi) is 5.27. The first-order valence-corrected chi connectivity index (χ1v) is 8.19. The summed E-state index contributed by atoms with van der Waals surface area (Å²) in [6.07, 6.45) is -4.63. The Bertz CT molecular complexity index is 678. The van der Waals surface area contributed by atoms with Crippen molar-refractivity contribution in [1.82, 2.24) is 4.90 Å². The summed E-state index contributed by atoms with van der Waals surface area (Å²) in [7, 11) is 1.38. The predicted octanol–water partition coefficient (Wildman–Crippen LogP) is 3.15. The number of benzene rings is 1. The van der Waals surface area contributed by atoms with Crippen LogP contribution in [0.1, 0.15) is 10.4 Å². The minimum Gasteiger partial charge on any atom is -0.333 e. The molecule has 0 spiro atoms. The molecule has 118 valence electrons. The Hall–Kier alpha value is -0.870. The second-order valence-electron chi connectivity index (χ2n) is 3.98. The molecule has 1 rings (SSSR count). The lowest BCUT2D eigenvalue weighted by molar-refractivity contribution is -0.138. The Morgan fingerprint density at radius 3 is 2.33 bits per heavy atom. The van der Waals surface area contributed by atoms with E-state index in [4.69, 9.17) is 10.7 Å². The van der Waals surface area contributed by atoms with E-state index >= 15 is 0 Å². The lowest BCUT2D eigenvalue weighted by Gasteiger charge is -2.20. The molecular formula is C10H7BrClF4NO3S. The van der Waals surface area contributed by atoms with Crippen molar-refractivity contribution in [1.29, 1.82) is 0 Å². The number of carbonyl (C=O) groups excluding carboxylic acids is 1. The number of halogens is 6. The number of amides is 1. The van der Waals surface area contributed by atoms with Crippen LogP contribution in [0.3, 0.4) is 0 Å². The van der Waals surface area contributed by atoms with Crippen LogP contribution < -0.4 is 0 Å². The van der Waals surface area contributed by atoms with Gasteiger partial charge in [0.1, 0.15) is 17.3 Å². The minimum absolute atomic E-state index is 0.192. The van der Waals surface area contributed by atoms with Crippen molar-refractivity contribution in [3.05, 3.63) is 28.0 Å². The van der Waals surface area contributed by atoms with Gasteiger partial charge in [-0.1, -0.05) is 0 Å². The first-order chi connectivity index (χ1) is 9.33. The molecule has 4 nitrogen and oxygen atoms in total. The fourth-order valence-corrected chi connectivity index (χ4v) is 2.82. The molecule has 0 aromatic heterocycles. The highest BCUT2D eigenvalue weighted by Gasteiger charge is 2.32. The number of alkyl halides is 3. The summed E-state index contributed by atoms with van der Waals surface area (Å²) >= 11 is 2.79. The second-order valence-corrected chi connectivity index (χ2v) is 7.37. The topological polar surface area (TPSA) is 54.5 Å². The number of carbonyl (C=O) groups is 1. The van der Waals surface area contributed by atoms with Gasteiger partial charge in [-0.25, -0.2) is 12.8 Å². The number of hydrogen-bond acceptors (Lipinski definition) is 3. The van der Waals surface area contributed by atoms with Gasteiger partial charge in [-0.15, -0.1) is 0 Å². The first kappa shape index (κ1) is 18.2. The van der Waals surface area contributed by atoms with E-state index in [-0.39, 0.29) is 4.47 Å². The highest BCUT2D eigenvalue weighted by molar-refractivity contribution is 9.10. The zero-order chi connectivity index (χ0) is 16.6. The largest absolute Gasteiger partial charge is 0.406 e. The van der Waals surface area contributed by atoms with Gasteiger partial charge in [0.05, 0.1) is 5.56 Å². The van der Waals surface area contributed by atoms with Crippen molar-refractivity contribution < 1.29 is 30.8 Å². The quantitative estimate of drug-likeness (QED) is 0.566. The molecule has 0 fully saturated rings. The summed E-state index contributed by atoms with van der Waals surface area (Å²) in [5.74, 6) is -2.37. The molecule has 0 N–H and O–H groups in total. The Morgan fingerprint density at radius 1 is 1.38 bits per heavy atom. The zero-order valence-electron chi connectivity index (χ0n) is 10.2. The molecule has 0 aliphatic heterocycles. The SMILES string of the molecule is CN(CC(F)(F)F)C(=O)c1cc(S(=O)(=O)Cl)c(F)cc1Br. The summed E-state index contributed by atoms with van der Waals surface area (Å²) in [5, 5.41) is 0. The zero-order valence-corrected chi connectivity index (χ0v) is 13.4. The first-order valence-electron chi connectivity index (χ1n) is 5.09. The van der Waals surface area contributed by atoms with Gasteiger partial charge in [0.25, 0.3) is 15.0 Å². The van der Waals surface area contributed by atoms with Crippen LogP contribution in [0, 0.1) is 5.82 Å². The van der Waals surface area contributed by atoms with Crippen LogP contribution in [0.15, 0.2) is 21.5 Å². The van der Waals surface area contributed by atoms with Crippen molar-refractivity contribution in [3.8, 4) is 0 Å². The highest BCUT2D eigenvalue weighted by Crippen LogP contribution is 2.28. The third-order valence-electron chi connectivity index (χ3n) is 2.28. The molecule has 0 radical (unpaired) electrons. The standard InChI is InChI=1S/C10H7BrClF4NO3S/c1-17(4-10(14,15)16)9(18)5-2-8(21(12,19)20)7(13)3-6(5)11/h2-3H,4H2,1H3. The van der Waals surface area contributed by atoms with Crippen LogP contribution in [0.4, 0.5) is 17.6 Å². The fraction of sp³-hybridized carbons (Fsp3) is 0.300.